The maximum atomic E-state index is 12.0. The average molecular weight is 319 g/mol. The van der Waals surface area contributed by atoms with E-state index in [4.69, 9.17) is 4.74 Å². The van der Waals surface area contributed by atoms with Crippen LogP contribution in [0, 0.1) is 0 Å². The number of carbonyl (C=O) groups is 1. The number of para-hydroxylation sites is 2. The molecule has 2 rings (SSSR count). The number of unbranched alkanes of at least 4 members (excludes halogenated alkanes) is 1. The van der Waals surface area contributed by atoms with Gasteiger partial charge in [-0.05, 0) is 45.7 Å². The van der Waals surface area contributed by atoms with E-state index in [1.54, 1.807) is 9.47 Å². The Morgan fingerprint density at radius 2 is 1.96 bits per heavy atom. The highest BCUT2D eigenvalue weighted by Gasteiger charge is 2.26. The van der Waals surface area contributed by atoms with E-state index < -0.39 is 0 Å². The van der Waals surface area contributed by atoms with Gasteiger partial charge >= 0.3 is 11.8 Å². The minimum absolute atomic E-state index is 0.0909. The van der Waals surface area contributed by atoms with Crippen LogP contribution in [0.4, 0.5) is 4.79 Å². The highest BCUT2D eigenvalue weighted by Crippen LogP contribution is 2.16. The van der Waals surface area contributed by atoms with E-state index in [9.17, 15) is 9.59 Å². The molecule has 23 heavy (non-hydrogen) atoms. The Hall–Kier alpha value is -2.24. The van der Waals surface area contributed by atoms with Crippen molar-refractivity contribution in [1.29, 1.82) is 0 Å². The number of aromatic amines is 1. The van der Waals surface area contributed by atoms with Crippen molar-refractivity contribution in [2.45, 2.75) is 45.7 Å². The van der Waals surface area contributed by atoms with Gasteiger partial charge in [0.05, 0.1) is 18.1 Å². The molecule has 1 amide bonds. The van der Waals surface area contributed by atoms with Crippen molar-refractivity contribution < 1.29 is 9.53 Å². The van der Waals surface area contributed by atoms with Crippen LogP contribution in [0.1, 0.15) is 33.6 Å². The number of hydrogen-bond donors (Lipinski definition) is 1. The number of imidazole rings is 1. The van der Waals surface area contributed by atoms with Crippen molar-refractivity contribution in [2.75, 3.05) is 13.7 Å². The molecule has 0 spiro atoms. The molecule has 0 aliphatic rings. The molecule has 1 aromatic carbocycles. The summed E-state index contributed by atoms with van der Waals surface area (Å²) < 4.78 is 6.59. The van der Waals surface area contributed by atoms with Crippen LogP contribution in [0.15, 0.2) is 29.1 Å². The maximum Gasteiger partial charge on any atom is 0.409 e. The van der Waals surface area contributed by atoms with Gasteiger partial charge in [0.15, 0.2) is 0 Å². The van der Waals surface area contributed by atoms with Crippen molar-refractivity contribution in [3.05, 3.63) is 34.7 Å². The number of aromatic nitrogens is 2. The van der Waals surface area contributed by atoms with Gasteiger partial charge in [-0.25, -0.2) is 9.59 Å². The van der Waals surface area contributed by atoms with Gasteiger partial charge in [0, 0.05) is 18.6 Å². The molecule has 0 fully saturated rings. The van der Waals surface area contributed by atoms with Crippen LogP contribution in [-0.4, -0.2) is 39.7 Å². The molecule has 0 unspecified atom stereocenters. The van der Waals surface area contributed by atoms with E-state index in [0.717, 1.165) is 23.9 Å². The standard InChI is InChI=1S/C17H25N3O3/c1-17(2,3)20(16(22)23-4)12-8-7-11-19-14-10-6-5-9-13(14)18-15(19)21/h5-6,9-10H,7-8,11-12H2,1-4H3,(H,18,21). The topological polar surface area (TPSA) is 67.3 Å². The van der Waals surface area contributed by atoms with Crippen LogP contribution in [0.5, 0.6) is 0 Å². The summed E-state index contributed by atoms with van der Waals surface area (Å²) in [5, 5.41) is 0. The number of nitrogens with one attached hydrogen (secondary N) is 1. The number of benzene rings is 1. The SMILES string of the molecule is COC(=O)N(CCCCn1c(=O)[nH]c2ccccc21)C(C)(C)C. The normalized spacial score (nSPS) is 11.7. The van der Waals surface area contributed by atoms with Crippen LogP contribution >= 0.6 is 0 Å². The Kier molecular flexibility index (Phi) is 5.13. The minimum Gasteiger partial charge on any atom is -0.453 e. The van der Waals surface area contributed by atoms with E-state index in [0.29, 0.717) is 13.1 Å². The summed E-state index contributed by atoms with van der Waals surface area (Å²) in [6.07, 6.45) is 1.30. The molecule has 1 heterocycles. The van der Waals surface area contributed by atoms with Crippen LogP contribution in [-0.2, 0) is 11.3 Å². The van der Waals surface area contributed by atoms with Crippen LogP contribution in [0.25, 0.3) is 11.0 Å². The Balaban J connectivity index is 1.97. The zero-order valence-electron chi connectivity index (χ0n) is 14.3. The fraction of sp³-hybridized carbons (Fsp3) is 0.529. The summed E-state index contributed by atoms with van der Waals surface area (Å²) in [5.41, 5.74) is 1.39. The second-order valence-electron chi connectivity index (χ2n) is 6.60. The zero-order valence-corrected chi connectivity index (χ0v) is 14.3. The predicted octanol–water partition coefficient (Wildman–Crippen LogP) is 2.98. The second kappa shape index (κ2) is 6.89. The quantitative estimate of drug-likeness (QED) is 0.862. The smallest absolute Gasteiger partial charge is 0.409 e. The highest BCUT2D eigenvalue weighted by atomic mass is 16.5. The van der Waals surface area contributed by atoms with Crippen molar-refractivity contribution >= 4 is 17.1 Å². The van der Waals surface area contributed by atoms with Gasteiger partial charge < -0.3 is 14.6 Å². The predicted molar refractivity (Wildman–Crippen MR) is 90.7 cm³/mol. The fourth-order valence-electron chi connectivity index (χ4n) is 2.68. The fourth-order valence-corrected chi connectivity index (χ4v) is 2.68. The van der Waals surface area contributed by atoms with Crippen LogP contribution in [0.2, 0.25) is 0 Å². The Labute approximate surface area is 136 Å². The molecule has 126 valence electrons. The number of rotatable bonds is 5. The van der Waals surface area contributed by atoms with Gasteiger partial charge in [-0.1, -0.05) is 12.1 Å². The number of hydrogen-bond acceptors (Lipinski definition) is 3. The first kappa shape index (κ1) is 17.1. The first-order chi connectivity index (χ1) is 10.8. The molecule has 6 nitrogen and oxygen atoms in total. The third-order valence-corrected chi connectivity index (χ3v) is 3.90. The minimum atomic E-state index is -0.318. The third-order valence-electron chi connectivity index (χ3n) is 3.90. The van der Waals surface area contributed by atoms with Crippen molar-refractivity contribution in [3.63, 3.8) is 0 Å². The van der Waals surface area contributed by atoms with E-state index in [2.05, 4.69) is 4.98 Å². The summed E-state index contributed by atoms with van der Waals surface area (Å²) in [6.45, 7) is 7.17. The summed E-state index contributed by atoms with van der Waals surface area (Å²) in [7, 11) is 1.40. The Morgan fingerprint density at radius 1 is 1.26 bits per heavy atom. The number of aryl methyl sites for hydroxylation is 1. The lowest BCUT2D eigenvalue weighted by Crippen LogP contribution is -2.46. The summed E-state index contributed by atoms with van der Waals surface area (Å²) >= 11 is 0. The highest BCUT2D eigenvalue weighted by molar-refractivity contribution is 5.74. The van der Waals surface area contributed by atoms with E-state index in [1.165, 1.54) is 7.11 Å². The average Bonchev–Trinajstić information content (AvgIpc) is 2.81. The number of carbonyl (C=O) groups excluding carboxylic acids is 1. The van der Waals surface area contributed by atoms with E-state index in [-0.39, 0.29) is 17.3 Å². The third kappa shape index (κ3) is 3.94. The van der Waals surface area contributed by atoms with Gasteiger partial charge in [0.25, 0.3) is 0 Å². The summed E-state index contributed by atoms with van der Waals surface area (Å²) in [6, 6.07) is 7.65. The van der Waals surface area contributed by atoms with Crippen molar-refractivity contribution in [3.8, 4) is 0 Å². The Morgan fingerprint density at radius 3 is 2.61 bits per heavy atom. The van der Waals surface area contributed by atoms with Gasteiger partial charge in [-0.15, -0.1) is 0 Å². The van der Waals surface area contributed by atoms with Gasteiger partial charge in [-0.2, -0.15) is 0 Å². The molecule has 0 aliphatic heterocycles. The molecular weight excluding hydrogens is 294 g/mol. The summed E-state index contributed by atoms with van der Waals surface area (Å²) in [5.74, 6) is 0. The molecule has 0 radical (unpaired) electrons. The van der Waals surface area contributed by atoms with E-state index in [1.807, 2.05) is 45.0 Å². The van der Waals surface area contributed by atoms with Crippen molar-refractivity contribution in [2.24, 2.45) is 0 Å². The molecule has 2 aromatic rings. The molecule has 0 aliphatic carbocycles. The number of fused-ring (bicyclic) bond motifs is 1. The molecule has 0 atom stereocenters. The number of nitrogens with zero attached hydrogens (tertiary/aromatic N) is 2. The van der Waals surface area contributed by atoms with Crippen LogP contribution < -0.4 is 5.69 Å². The first-order valence-electron chi connectivity index (χ1n) is 7.87. The number of ether oxygens (including phenoxy) is 1. The zero-order chi connectivity index (χ0) is 17.0. The molecule has 1 N–H and O–H groups in total. The largest absolute Gasteiger partial charge is 0.453 e. The molecule has 0 bridgehead atoms. The van der Waals surface area contributed by atoms with Gasteiger partial charge in [0.1, 0.15) is 0 Å². The number of amides is 1. The maximum absolute atomic E-state index is 12.0. The number of methoxy groups -OCH3 is 1. The Bertz CT molecular complexity index is 724. The molecule has 1 aromatic heterocycles. The summed E-state index contributed by atoms with van der Waals surface area (Å²) in [4.78, 5) is 28.4. The monoisotopic (exact) mass is 319 g/mol. The lowest BCUT2D eigenvalue weighted by molar-refractivity contribution is 0.0824. The molecular formula is C17H25N3O3. The second-order valence-corrected chi connectivity index (χ2v) is 6.60. The van der Waals surface area contributed by atoms with Gasteiger partial charge in [-0.3, -0.25) is 4.57 Å². The molecule has 0 saturated heterocycles. The molecule has 0 saturated carbocycles. The molecule has 6 heteroatoms. The lowest BCUT2D eigenvalue weighted by atomic mass is 10.1. The van der Waals surface area contributed by atoms with E-state index >= 15 is 0 Å². The number of H-pyrrole nitrogens is 1. The first-order valence-corrected chi connectivity index (χ1v) is 7.87. The lowest BCUT2D eigenvalue weighted by Gasteiger charge is -2.34. The van der Waals surface area contributed by atoms with Crippen LogP contribution in [0.3, 0.4) is 0 Å². The van der Waals surface area contributed by atoms with Crippen molar-refractivity contribution in [1.82, 2.24) is 14.5 Å². The van der Waals surface area contributed by atoms with Gasteiger partial charge in [0.2, 0.25) is 0 Å².